The van der Waals surface area contributed by atoms with E-state index in [0.717, 1.165) is 5.69 Å². The predicted molar refractivity (Wildman–Crippen MR) is 88.4 cm³/mol. The minimum atomic E-state index is -0.627. The zero-order valence-electron chi connectivity index (χ0n) is 13.3. The molecule has 0 bridgehead atoms. The average Bonchev–Trinajstić information content (AvgIpc) is 2.75. The summed E-state index contributed by atoms with van der Waals surface area (Å²) in [7, 11) is 0. The molecule has 1 fully saturated rings. The van der Waals surface area contributed by atoms with Gasteiger partial charge in [-0.25, -0.2) is 15.0 Å². The lowest BCUT2D eigenvalue weighted by molar-refractivity contribution is 0.190. The highest BCUT2D eigenvalue weighted by molar-refractivity contribution is 5.51. The molecule has 0 aliphatic carbocycles. The van der Waals surface area contributed by atoms with E-state index in [1.54, 1.807) is 6.20 Å². The third-order valence-corrected chi connectivity index (χ3v) is 3.77. The normalized spacial score (nSPS) is 18.1. The van der Waals surface area contributed by atoms with Gasteiger partial charge in [-0.15, -0.1) is 0 Å². The van der Waals surface area contributed by atoms with E-state index in [-0.39, 0.29) is 11.6 Å². The van der Waals surface area contributed by atoms with Crippen LogP contribution < -0.4 is 15.5 Å². The third-order valence-electron chi connectivity index (χ3n) is 3.77. The summed E-state index contributed by atoms with van der Waals surface area (Å²) in [5.74, 6) is 1.38. The van der Waals surface area contributed by atoms with Crippen molar-refractivity contribution in [1.29, 1.82) is 5.26 Å². The zero-order chi connectivity index (χ0) is 17.1. The summed E-state index contributed by atoms with van der Waals surface area (Å²) in [5, 5.41) is 19.6. The van der Waals surface area contributed by atoms with E-state index >= 15 is 0 Å². The first kappa shape index (κ1) is 15.9. The fraction of sp³-hybridized carbons (Fsp3) is 0.400. The van der Waals surface area contributed by atoms with Gasteiger partial charge in [-0.3, -0.25) is 0 Å². The summed E-state index contributed by atoms with van der Waals surface area (Å²) >= 11 is 0. The summed E-state index contributed by atoms with van der Waals surface area (Å²) in [5.41, 5.74) is 6.74. The number of anilines is 3. The van der Waals surface area contributed by atoms with Gasteiger partial charge in [-0.05, 0) is 6.92 Å². The highest BCUT2D eigenvalue weighted by Crippen LogP contribution is 2.20. The molecule has 1 saturated heterocycles. The standard InChI is InChI=1S/C15H18N8O/c1-10-6-13(21-15(17)20-10)22-4-5-23(9-11(24)8-22)14-12(7-16)18-2-3-19-14/h2-3,6,11,24H,4-5,8-9H2,1H3,(H2,17,20,21). The van der Waals surface area contributed by atoms with Crippen LogP contribution in [0.2, 0.25) is 0 Å². The van der Waals surface area contributed by atoms with Gasteiger partial charge in [0.25, 0.3) is 0 Å². The fourth-order valence-corrected chi connectivity index (χ4v) is 2.77. The molecule has 2 aromatic heterocycles. The van der Waals surface area contributed by atoms with Gasteiger partial charge in [-0.2, -0.15) is 10.2 Å². The molecule has 9 heteroatoms. The molecule has 0 radical (unpaired) electrons. The Balaban J connectivity index is 1.84. The molecule has 1 unspecified atom stereocenters. The molecule has 124 valence electrons. The molecular formula is C15H18N8O. The third kappa shape index (κ3) is 3.33. The van der Waals surface area contributed by atoms with Gasteiger partial charge in [0.1, 0.15) is 11.9 Å². The highest BCUT2D eigenvalue weighted by Gasteiger charge is 2.25. The smallest absolute Gasteiger partial charge is 0.222 e. The zero-order valence-corrected chi connectivity index (χ0v) is 13.3. The van der Waals surface area contributed by atoms with E-state index < -0.39 is 6.10 Å². The van der Waals surface area contributed by atoms with E-state index in [1.807, 2.05) is 28.9 Å². The molecule has 1 atom stereocenters. The fourth-order valence-electron chi connectivity index (χ4n) is 2.77. The quantitative estimate of drug-likeness (QED) is 0.765. The van der Waals surface area contributed by atoms with Gasteiger partial charge < -0.3 is 20.6 Å². The minimum Gasteiger partial charge on any atom is -0.389 e. The first-order valence-corrected chi connectivity index (χ1v) is 7.57. The van der Waals surface area contributed by atoms with Gasteiger partial charge in [0.05, 0.1) is 6.10 Å². The number of nitrogens with two attached hydrogens (primary N) is 1. The van der Waals surface area contributed by atoms with Crippen LogP contribution in [0.3, 0.4) is 0 Å². The Morgan fingerprint density at radius 3 is 2.67 bits per heavy atom. The van der Waals surface area contributed by atoms with Crippen molar-refractivity contribution in [1.82, 2.24) is 19.9 Å². The first-order valence-electron chi connectivity index (χ1n) is 7.57. The number of nitrogen functional groups attached to an aromatic ring is 1. The van der Waals surface area contributed by atoms with Gasteiger partial charge in [0, 0.05) is 50.3 Å². The summed E-state index contributed by atoms with van der Waals surface area (Å²) in [4.78, 5) is 20.4. The molecule has 0 spiro atoms. The maximum Gasteiger partial charge on any atom is 0.222 e. The van der Waals surface area contributed by atoms with E-state index in [1.165, 1.54) is 6.20 Å². The Morgan fingerprint density at radius 1 is 1.21 bits per heavy atom. The second-order valence-electron chi connectivity index (χ2n) is 5.61. The van der Waals surface area contributed by atoms with Crippen LogP contribution >= 0.6 is 0 Å². The van der Waals surface area contributed by atoms with Crippen molar-refractivity contribution in [3.63, 3.8) is 0 Å². The second kappa shape index (κ2) is 6.64. The number of aromatic nitrogens is 4. The van der Waals surface area contributed by atoms with E-state index in [4.69, 9.17) is 5.73 Å². The number of β-amino-alcohol motifs (C(OH)–C–C–N with tert-alkyl or cyclic N) is 1. The van der Waals surface area contributed by atoms with Crippen molar-refractivity contribution in [2.75, 3.05) is 41.7 Å². The number of nitrogens with zero attached hydrogens (tertiary/aromatic N) is 7. The van der Waals surface area contributed by atoms with Crippen LogP contribution in [0.4, 0.5) is 17.6 Å². The van der Waals surface area contributed by atoms with Crippen molar-refractivity contribution in [2.45, 2.75) is 13.0 Å². The molecule has 3 rings (SSSR count). The van der Waals surface area contributed by atoms with Crippen LogP contribution in [0.1, 0.15) is 11.4 Å². The van der Waals surface area contributed by atoms with Crippen molar-refractivity contribution in [2.24, 2.45) is 0 Å². The molecule has 0 saturated carbocycles. The van der Waals surface area contributed by atoms with Crippen molar-refractivity contribution in [3.05, 3.63) is 29.8 Å². The number of aliphatic hydroxyl groups excluding tert-OH is 1. The predicted octanol–water partition coefficient (Wildman–Crippen LogP) is -0.284. The van der Waals surface area contributed by atoms with Crippen LogP contribution in [0.15, 0.2) is 18.5 Å². The summed E-state index contributed by atoms with van der Waals surface area (Å²) in [6, 6.07) is 3.87. The van der Waals surface area contributed by atoms with Gasteiger partial charge >= 0.3 is 0 Å². The molecule has 3 N–H and O–H groups in total. The van der Waals surface area contributed by atoms with E-state index in [9.17, 15) is 10.4 Å². The van der Waals surface area contributed by atoms with Crippen LogP contribution in [-0.2, 0) is 0 Å². The van der Waals surface area contributed by atoms with Gasteiger partial charge in [0.15, 0.2) is 11.5 Å². The summed E-state index contributed by atoms with van der Waals surface area (Å²) < 4.78 is 0. The number of aliphatic hydroxyl groups is 1. The Kier molecular flexibility index (Phi) is 4.39. The molecule has 24 heavy (non-hydrogen) atoms. The largest absolute Gasteiger partial charge is 0.389 e. The Bertz CT molecular complexity index is 754. The molecule has 0 aromatic carbocycles. The van der Waals surface area contributed by atoms with Crippen LogP contribution in [-0.4, -0.2) is 57.3 Å². The molecule has 1 aliphatic heterocycles. The van der Waals surface area contributed by atoms with E-state index in [0.29, 0.717) is 37.8 Å². The number of hydrogen-bond acceptors (Lipinski definition) is 9. The van der Waals surface area contributed by atoms with E-state index in [2.05, 4.69) is 19.9 Å². The number of aryl methyl sites for hydroxylation is 1. The minimum absolute atomic E-state index is 0.210. The molecular weight excluding hydrogens is 308 g/mol. The van der Waals surface area contributed by atoms with Crippen LogP contribution in [0, 0.1) is 18.3 Å². The first-order chi connectivity index (χ1) is 11.6. The van der Waals surface area contributed by atoms with Crippen molar-refractivity contribution < 1.29 is 5.11 Å². The van der Waals surface area contributed by atoms with Crippen LogP contribution in [0.25, 0.3) is 0 Å². The molecule has 3 heterocycles. The topological polar surface area (TPSA) is 128 Å². The molecule has 2 aromatic rings. The van der Waals surface area contributed by atoms with Crippen molar-refractivity contribution >= 4 is 17.6 Å². The maximum absolute atomic E-state index is 10.4. The number of nitriles is 1. The lowest BCUT2D eigenvalue weighted by Crippen LogP contribution is -2.34. The lowest BCUT2D eigenvalue weighted by Gasteiger charge is -2.23. The Hall–Kier alpha value is -2.99. The second-order valence-corrected chi connectivity index (χ2v) is 5.61. The van der Waals surface area contributed by atoms with Crippen LogP contribution in [0.5, 0.6) is 0 Å². The highest BCUT2D eigenvalue weighted by atomic mass is 16.3. The van der Waals surface area contributed by atoms with Gasteiger partial charge in [0.2, 0.25) is 5.95 Å². The number of rotatable bonds is 2. The summed E-state index contributed by atoms with van der Waals surface area (Å²) in [6.07, 6.45) is 2.40. The number of hydrogen-bond donors (Lipinski definition) is 2. The Morgan fingerprint density at radius 2 is 1.92 bits per heavy atom. The van der Waals surface area contributed by atoms with Crippen molar-refractivity contribution in [3.8, 4) is 6.07 Å². The average molecular weight is 326 g/mol. The monoisotopic (exact) mass is 326 g/mol. The molecule has 1 aliphatic rings. The molecule has 0 amide bonds. The maximum atomic E-state index is 10.4. The Labute approximate surface area is 139 Å². The van der Waals surface area contributed by atoms with Gasteiger partial charge in [-0.1, -0.05) is 0 Å². The SMILES string of the molecule is Cc1cc(N2CCN(c3nccnc3C#N)CC(O)C2)nc(N)n1. The lowest BCUT2D eigenvalue weighted by atomic mass is 10.3. The summed E-state index contributed by atoms with van der Waals surface area (Å²) in [6.45, 7) is 3.81. The molecule has 9 nitrogen and oxygen atoms in total.